The Morgan fingerprint density at radius 1 is 1.00 bits per heavy atom. The zero-order chi connectivity index (χ0) is 8.06. The van der Waals surface area contributed by atoms with Crippen LogP contribution in [0, 0.1) is 11.8 Å². The Balaban J connectivity index is 2.08. The highest BCUT2D eigenvalue weighted by Crippen LogP contribution is 2.64. The minimum Gasteiger partial charge on any atom is -0.0499 e. The van der Waals surface area contributed by atoms with Crippen molar-refractivity contribution in [1.82, 2.24) is 0 Å². The van der Waals surface area contributed by atoms with Crippen LogP contribution < -0.4 is 0 Å². The summed E-state index contributed by atoms with van der Waals surface area (Å²) in [5.41, 5.74) is 1.15. The highest BCUT2D eigenvalue weighted by atomic mass is 31.2. The van der Waals surface area contributed by atoms with Gasteiger partial charge in [0.25, 0.3) is 0 Å². The normalized spacial score (nSPS) is 43.4. The summed E-state index contributed by atoms with van der Waals surface area (Å²) in [5, 5.41) is 0. The van der Waals surface area contributed by atoms with E-state index < -0.39 is 7.26 Å². The van der Waals surface area contributed by atoms with E-state index >= 15 is 0 Å². The van der Waals surface area contributed by atoms with Gasteiger partial charge in [0, 0.05) is 27.3 Å². The van der Waals surface area contributed by atoms with Gasteiger partial charge in [0.15, 0.2) is 0 Å². The number of hydrogen-bond acceptors (Lipinski definition) is 0. The molecule has 0 amide bonds. The van der Waals surface area contributed by atoms with Crippen molar-refractivity contribution in [2.24, 2.45) is 11.8 Å². The molecule has 0 unspecified atom stereocenters. The van der Waals surface area contributed by atoms with Crippen molar-refractivity contribution < 1.29 is 0 Å². The molecule has 0 heterocycles. The maximum absolute atomic E-state index is 2.53. The van der Waals surface area contributed by atoms with E-state index in [1.54, 1.807) is 25.7 Å². The predicted octanol–water partition coefficient (Wildman–Crippen LogP) is 3.08. The van der Waals surface area contributed by atoms with Gasteiger partial charge in [0.05, 0.1) is 5.66 Å². The molecule has 64 valence electrons. The predicted molar refractivity (Wildman–Crippen MR) is 53.9 cm³/mol. The SMILES string of the molecule is C[P+](C)(C)[C@@H]1C[C@H]2CC[C@@H]1C2. The fourth-order valence-electron chi connectivity index (χ4n) is 3.16. The molecule has 0 nitrogen and oxygen atoms in total. The molecular weight excluding hydrogens is 151 g/mol. The van der Waals surface area contributed by atoms with Crippen LogP contribution in [0.2, 0.25) is 0 Å². The fraction of sp³-hybridized carbons (Fsp3) is 1.00. The second kappa shape index (κ2) is 2.46. The molecule has 0 aromatic carbocycles. The number of fused-ring (bicyclic) bond motifs is 2. The lowest BCUT2D eigenvalue weighted by molar-refractivity contribution is 0.486. The lowest BCUT2D eigenvalue weighted by Crippen LogP contribution is -2.19. The summed E-state index contributed by atoms with van der Waals surface area (Å²) in [7, 11) is -0.506. The van der Waals surface area contributed by atoms with Crippen molar-refractivity contribution in [3.63, 3.8) is 0 Å². The van der Waals surface area contributed by atoms with Gasteiger partial charge in [-0.3, -0.25) is 0 Å². The third-order valence-electron chi connectivity index (χ3n) is 3.70. The summed E-state index contributed by atoms with van der Waals surface area (Å²) in [6.45, 7) is 7.58. The van der Waals surface area contributed by atoms with Gasteiger partial charge in [0.2, 0.25) is 0 Å². The molecule has 2 bridgehead atoms. The van der Waals surface area contributed by atoms with Gasteiger partial charge < -0.3 is 0 Å². The van der Waals surface area contributed by atoms with Crippen molar-refractivity contribution in [3.8, 4) is 0 Å². The third kappa shape index (κ3) is 1.35. The van der Waals surface area contributed by atoms with Gasteiger partial charge in [-0.2, -0.15) is 0 Å². The first-order valence-electron chi connectivity index (χ1n) is 4.88. The minimum atomic E-state index is -0.506. The molecule has 0 radical (unpaired) electrons. The molecule has 2 aliphatic rings. The molecule has 11 heavy (non-hydrogen) atoms. The Hall–Kier alpha value is 0.430. The summed E-state index contributed by atoms with van der Waals surface area (Å²) < 4.78 is 0. The Morgan fingerprint density at radius 2 is 1.73 bits per heavy atom. The van der Waals surface area contributed by atoms with Crippen LogP contribution in [0.3, 0.4) is 0 Å². The van der Waals surface area contributed by atoms with E-state index in [0.29, 0.717) is 0 Å². The molecule has 0 aromatic rings. The number of hydrogen-bond donors (Lipinski definition) is 0. The van der Waals surface area contributed by atoms with Crippen LogP contribution in [-0.2, 0) is 0 Å². The quantitative estimate of drug-likeness (QED) is 0.532. The van der Waals surface area contributed by atoms with Crippen LogP contribution >= 0.6 is 7.26 Å². The first kappa shape index (κ1) is 8.05. The maximum Gasteiger partial charge on any atom is 0.0720 e. The molecule has 0 spiro atoms. The molecule has 2 aliphatic carbocycles. The van der Waals surface area contributed by atoms with Crippen LogP contribution in [0.15, 0.2) is 0 Å². The van der Waals surface area contributed by atoms with Crippen molar-refractivity contribution in [1.29, 1.82) is 0 Å². The molecule has 2 rings (SSSR count). The van der Waals surface area contributed by atoms with Crippen LogP contribution in [-0.4, -0.2) is 25.7 Å². The van der Waals surface area contributed by atoms with Crippen LogP contribution in [0.5, 0.6) is 0 Å². The van der Waals surface area contributed by atoms with Crippen LogP contribution in [0.1, 0.15) is 25.7 Å². The van der Waals surface area contributed by atoms with E-state index in [1.807, 2.05) is 0 Å². The Morgan fingerprint density at radius 3 is 2.00 bits per heavy atom. The molecule has 2 fully saturated rings. The summed E-state index contributed by atoms with van der Waals surface area (Å²) in [6, 6.07) is 0. The lowest BCUT2D eigenvalue weighted by Gasteiger charge is -2.27. The molecule has 0 saturated heterocycles. The van der Waals surface area contributed by atoms with Gasteiger partial charge in [-0.1, -0.05) is 0 Å². The summed E-state index contributed by atoms with van der Waals surface area (Å²) in [6.07, 6.45) is 6.29. The monoisotopic (exact) mass is 171 g/mol. The molecule has 3 atom stereocenters. The maximum atomic E-state index is 2.53. The van der Waals surface area contributed by atoms with Gasteiger partial charge in [-0.05, 0) is 37.5 Å². The van der Waals surface area contributed by atoms with Gasteiger partial charge in [-0.15, -0.1) is 0 Å². The molecule has 1 heteroatoms. The average Bonchev–Trinajstić information content (AvgIpc) is 2.42. The first-order chi connectivity index (χ1) is 5.07. The standard InChI is InChI=1S/C10H20P/c1-11(2,3)10-7-8-4-5-9(10)6-8/h8-10H,4-7H2,1-3H3/q+1/t8-,9+,10+/m0/s1. The van der Waals surface area contributed by atoms with E-state index in [9.17, 15) is 0 Å². The second-order valence-corrected chi connectivity index (χ2v) is 10.3. The van der Waals surface area contributed by atoms with E-state index in [4.69, 9.17) is 0 Å². The fourth-order valence-corrected chi connectivity index (χ4v) is 5.63. The van der Waals surface area contributed by atoms with E-state index in [0.717, 1.165) is 17.5 Å². The molecule has 0 aromatic heterocycles. The molecule has 2 saturated carbocycles. The zero-order valence-electron chi connectivity index (χ0n) is 8.01. The largest absolute Gasteiger partial charge is 0.0720 e. The Kier molecular flexibility index (Phi) is 1.80. The van der Waals surface area contributed by atoms with E-state index in [-0.39, 0.29) is 0 Å². The van der Waals surface area contributed by atoms with Crippen molar-refractivity contribution >= 4 is 7.26 Å². The smallest absolute Gasteiger partial charge is 0.0499 e. The Labute approximate surface area is 71.1 Å². The van der Waals surface area contributed by atoms with Crippen LogP contribution in [0.4, 0.5) is 0 Å². The molecular formula is C10H20P+. The van der Waals surface area contributed by atoms with Gasteiger partial charge >= 0.3 is 0 Å². The highest BCUT2D eigenvalue weighted by Gasteiger charge is 2.48. The minimum absolute atomic E-state index is 0.506. The second-order valence-electron chi connectivity index (χ2n) is 5.36. The molecule has 0 N–H and O–H groups in total. The Bertz CT molecular complexity index is 157. The summed E-state index contributed by atoms with van der Waals surface area (Å²) >= 11 is 0. The third-order valence-corrected chi connectivity index (χ3v) is 6.32. The first-order valence-corrected chi connectivity index (χ1v) is 8.08. The van der Waals surface area contributed by atoms with Gasteiger partial charge in [0.1, 0.15) is 0 Å². The van der Waals surface area contributed by atoms with Crippen molar-refractivity contribution in [2.45, 2.75) is 31.3 Å². The average molecular weight is 171 g/mol. The summed E-state index contributed by atoms with van der Waals surface area (Å²) in [4.78, 5) is 0. The van der Waals surface area contributed by atoms with Gasteiger partial charge in [-0.25, -0.2) is 0 Å². The van der Waals surface area contributed by atoms with Crippen molar-refractivity contribution in [3.05, 3.63) is 0 Å². The lowest BCUT2D eigenvalue weighted by atomic mass is 10.0. The topological polar surface area (TPSA) is 0 Å². The summed E-state index contributed by atoms with van der Waals surface area (Å²) in [5.74, 6) is 2.29. The van der Waals surface area contributed by atoms with E-state index in [2.05, 4.69) is 20.0 Å². The zero-order valence-corrected chi connectivity index (χ0v) is 8.90. The van der Waals surface area contributed by atoms with Crippen molar-refractivity contribution in [2.75, 3.05) is 20.0 Å². The highest BCUT2D eigenvalue weighted by molar-refractivity contribution is 7.74. The van der Waals surface area contributed by atoms with E-state index in [1.165, 1.54) is 0 Å². The van der Waals surface area contributed by atoms with Crippen LogP contribution in [0.25, 0.3) is 0 Å². The molecule has 0 aliphatic heterocycles. The number of rotatable bonds is 1.